The minimum Gasteiger partial charge on any atom is -0.508 e. The summed E-state index contributed by atoms with van der Waals surface area (Å²) in [6.45, 7) is -1.34. The predicted octanol–water partition coefficient (Wildman–Crippen LogP) is -1.75. The Hall–Kier alpha value is -3.31. The molecular weight excluding hydrogens is 536 g/mol. The number of hydrogen-bond donors (Lipinski definition) is 10. The van der Waals surface area contributed by atoms with Crippen LogP contribution in [0.5, 0.6) is 17.2 Å². The van der Waals surface area contributed by atoms with Crippen molar-refractivity contribution >= 4 is 11.0 Å². The molecule has 216 valence electrons. The maximum absolute atomic E-state index is 13.4. The molecule has 0 amide bonds. The van der Waals surface area contributed by atoms with Crippen LogP contribution in [0.4, 0.5) is 0 Å². The predicted molar refractivity (Wildman–Crippen MR) is 132 cm³/mol. The Morgan fingerprint density at radius 2 is 1.43 bits per heavy atom. The molecule has 2 fully saturated rings. The lowest BCUT2D eigenvalue weighted by atomic mass is 9.85. The number of benzene rings is 2. The molecule has 0 aliphatic carbocycles. The number of phenols is 3. The smallest absolute Gasteiger partial charge is 0.197 e. The fourth-order valence-corrected chi connectivity index (χ4v) is 5.11. The molecule has 9 atom stereocenters. The van der Waals surface area contributed by atoms with Crippen LogP contribution >= 0.6 is 0 Å². The van der Waals surface area contributed by atoms with Crippen molar-refractivity contribution in [3.63, 3.8) is 0 Å². The molecule has 2 saturated heterocycles. The number of aromatic hydroxyl groups is 3. The largest absolute Gasteiger partial charge is 0.508 e. The van der Waals surface area contributed by atoms with Crippen LogP contribution in [0.2, 0.25) is 0 Å². The van der Waals surface area contributed by atoms with Gasteiger partial charge in [-0.05, 0) is 24.3 Å². The average molecular weight is 564 g/mol. The second-order valence-electron chi connectivity index (χ2n) is 9.80. The Balaban J connectivity index is 1.80. The van der Waals surface area contributed by atoms with Gasteiger partial charge in [-0.1, -0.05) is 0 Å². The third-order valence-electron chi connectivity index (χ3n) is 7.31. The average Bonchev–Trinajstić information content (AvgIpc) is 2.92. The number of phenolic OH excluding ortho intramolecular Hbond substituents is 3. The molecule has 0 bridgehead atoms. The summed E-state index contributed by atoms with van der Waals surface area (Å²) in [5.41, 5.74) is -2.15. The third-order valence-corrected chi connectivity index (χ3v) is 7.31. The van der Waals surface area contributed by atoms with Crippen molar-refractivity contribution in [1.82, 2.24) is 0 Å². The van der Waals surface area contributed by atoms with Gasteiger partial charge in [0.1, 0.15) is 83.3 Å². The number of aliphatic hydroxyl groups is 7. The molecule has 0 saturated carbocycles. The summed E-state index contributed by atoms with van der Waals surface area (Å²) in [6, 6.07) is 6.50. The van der Waals surface area contributed by atoms with E-state index >= 15 is 0 Å². The summed E-state index contributed by atoms with van der Waals surface area (Å²) in [6.07, 6.45) is -15.7. The van der Waals surface area contributed by atoms with Gasteiger partial charge in [-0.15, -0.1) is 0 Å². The molecule has 0 spiro atoms. The van der Waals surface area contributed by atoms with Gasteiger partial charge in [-0.25, -0.2) is 0 Å². The topological polar surface area (TPSA) is 251 Å². The maximum Gasteiger partial charge on any atom is 0.197 e. The minimum atomic E-state index is -1.98. The van der Waals surface area contributed by atoms with Crippen molar-refractivity contribution in [1.29, 1.82) is 0 Å². The van der Waals surface area contributed by atoms with E-state index in [2.05, 4.69) is 0 Å². The number of aliphatic hydroxyl groups excluding tert-OH is 7. The SMILES string of the molecule is O=c1cc(-c2ccc(O)cc2)oc2c(C3OCC(O)C(O)C3O)c(O)c([C@@H]3O[C@H](CO)[C@@H](O)[C@H](O)[C@H]3O)c(O)c12. The molecule has 10 N–H and O–H groups in total. The van der Waals surface area contributed by atoms with Crippen LogP contribution in [-0.2, 0) is 9.47 Å². The van der Waals surface area contributed by atoms with E-state index in [1.165, 1.54) is 24.3 Å². The Labute approximate surface area is 224 Å². The van der Waals surface area contributed by atoms with Crippen LogP contribution in [-0.4, -0.2) is 107 Å². The molecule has 2 aliphatic heterocycles. The molecule has 14 heteroatoms. The van der Waals surface area contributed by atoms with E-state index in [9.17, 15) is 55.9 Å². The molecule has 3 heterocycles. The quantitative estimate of drug-likeness (QED) is 0.169. The fourth-order valence-electron chi connectivity index (χ4n) is 5.11. The van der Waals surface area contributed by atoms with E-state index in [1.54, 1.807) is 0 Å². The molecule has 40 heavy (non-hydrogen) atoms. The Kier molecular flexibility index (Phi) is 7.47. The highest BCUT2D eigenvalue weighted by Crippen LogP contribution is 2.50. The van der Waals surface area contributed by atoms with E-state index < -0.39 is 107 Å². The van der Waals surface area contributed by atoms with Gasteiger partial charge in [0, 0.05) is 11.6 Å². The van der Waals surface area contributed by atoms with Crippen LogP contribution in [0.25, 0.3) is 22.3 Å². The molecule has 2 aliphatic rings. The lowest BCUT2D eigenvalue weighted by Gasteiger charge is -2.41. The zero-order chi connectivity index (χ0) is 29.0. The third kappa shape index (κ3) is 4.49. The minimum absolute atomic E-state index is 0.0710. The second kappa shape index (κ2) is 10.6. The molecule has 14 nitrogen and oxygen atoms in total. The zero-order valence-corrected chi connectivity index (χ0v) is 20.6. The van der Waals surface area contributed by atoms with Crippen molar-refractivity contribution in [3.8, 4) is 28.6 Å². The molecular formula is C26H28O14. The standard InChI is InChI=1S/C26H28O14/c27-6-13-18(32)21(35)23(37)26(40-13)15-19(33)14-10(29)5-12(8-1-3-9(28)4-2-8)39-24(14)16(20(15)34)25-22(36)17(31)11(30)7-38-25/h1-5,11,13,17-18,21-23,25-28,30-37H,6-7H2/t11?,13-,17?,18-,21+,22?,23-,25?,26+/m1/s1. The van der Waals surface area contributed by atoms with Crippen molar-refractivity contribution in [3.05, 3.63) is 51.7 Å². The Morgan fingerprint density at radius 3 is 2.08 bits per heavy atom. The highest BCUT2D eigenvalue weighted by molar-refractivity contribution is 5.92. The van der Waals surface area contributed by atoms with Crippen LogP contribution in [0.1, 0.15) is 23.3 Å². The molecule has 3 aromatic rings. The van der Waals surface area contributed by atoms with E-state index in [1.807, 2.05) is 0 Å². The van der Waals surface area contributed by atoms with E-state index in [4.69, 9.17) is 13.9 Å². The monoisotopic (exact) mass is 564 g/mol. The second-order valence-corrected chi connectivity index (χ2v) is 9.80. The van der Waals surface area contributed by atoms with Crippen molar-refractivity contribution in [2.24, 2.45) is 0 Å². The van der Waals surface area contributed by atoms with Crippen LogP contribution in [0.15, 0.2) is 39.5 Å². The van der Waals surface area contributed by atoms with Gasteiger partial charge < -0.3 is 65.0 Å². The van der Waals surface area contributed by atoms with Gasteiger partial charge in [0.15, 0.2) is 11.0 Å². The van der Waals surface area contributed by atoms with E-state index in [0.717, 1.165) is 6.07 Å². The fraction of sp³-hybridized carbons (Fsp3) is 0.423. The first-order chi connectivity index (χ1) is 19.0. The molecule has 4 unspecified atom stereocenters. The van der Waals surface area contributed by atoms with Gasteiger partial charge in [0.05, 0.1) is 24.3 Å². The number of ether oxygens (including phenoxy) is 2. The molecule has 2 aromatic carbocycles. The van der Waals surface area contributed by atoms with Gasteiger partial charge >= 0.3 is 0 Å². The van der Waals surface area contributed by atoms with Crippen molar-refractivity contribution in [2.75, 3.05) is 13.2 Å². The summed E-state index contributed by atoms with van der Waals surface area (Å²) < 4.78 is 16.9. The van der Waals surface area contributed by atoms with Gasteiger partial charge in [0.2, 0.25) is 0 Å². The Morgan fingerprint density at radius 1 is 0.775 bits per heavy atom. The molecule has 0 radical (unpaired) electrons. The Bertz CT molecular complexity index is 1450. The van der Waals surface area contributed by atoms with Crippen LogP contribution in [0, 0.1) is 0 Å². The van der Waals surface area contributed by atoms with Crippen molar-refractivity contribution in [2.45, 2.75) is 54.9 Å². The first-order valence-electron chi connectivity index (χ1n) is 12.3. The zero-order valence-electron chi connectivity index (χ0n) is 20.6. The first kappa shape index (κ1) is 28.2. The summed E-state index contributed by atoms with van der Waals surface area (Å²) in [4.78, 5) is 13.4. The lowest BCUT2D eigenvalue weighted by molar-refractivity contribution is -0.232. The molecule has 1 aromatic heterocycles. The van der Waals surface area contributed by atoms with Gasteiger partial charge in [0.25, 0.3) is 0 Å². The summed E-state index contributed by atoms with van der Waals surface area (Å²) in [7, 11) is 0. The highest BCUT2D eigenvalue weighted by Gasteiger charge is 2.48. The van der Waals surface area contributed by atoms with Gasteiger partial charge in [-0.2, -0.15) is 0 Å². The first-order valence-corrected chi connectivity index (χ1v) is 12.3. The van der Waals surface area contributed by atoms with E-state index in [-0.39, 0.29) is 11.5 Å². The molecule has 5 rings (SSSR count). The van der Waals surface area contributed by atoms with Gasteiger partial charge in [-0.3, -0.25) is 4.79 Å². The van der Waals surface area contributed by atoms with Crippen molar-refractivity contribution < 1.29 is 65.0 Å². The number of rotatable bonds is 4. The number of fused-ring (bicyclic) bond motifs is 1. The maximum atomic E-state index is 13.4. The highest BCUT2D eigenvalue weighted by atomic mass is 16.5. The number of hydrogen-bond acceptors (Lipinski definition) is 14. The van der Waals surface area contributed by atoms with Crippen LogP contribution < -0.4 is 5.43 Å². The summed E-state index contributed by atoms with van der Waals surface area (Å²) in [5.74, 6) is -2.01. The van der Waals surface area contributed by atoms with E-state index in [0.29, 0.717) is 5.56 Å². The summed E-state index contributed by atoms with van der Waals surface area (Å²) >= 11 is 0. The normalized spacial score (nSPS) is 32.8. The van der Waals surface area contributed by atoms with Crippen LogP contribution in [0.3, 0.4) is 0 Å². The lowest BCUT2D eigenvalue weighted by Crippen LogP contribution is -2.55. The summed E-state index contributed by atoms with van der Waals surface area (Å²) in [5, 5.41) is 104.